The molecule has 0 aliphatic carbocycles. The van der Waals surface area contributed by atoms with Gasteiger partial charge in [0, 0.05) is 20.0 Å². The third-order valence-electron chi connectivity index (χ3n) is 2.81. The van der Waals surface area contributed by atoms with E-state index in [0.717, 1.165) is 6.07 Å². The molecule has 0 aliphatic heterocycles. The number of rotatable bonds is 7. The number of halogens is 2. The van der Waals surface area contributed by atoms with Crippen LogP contribution in [0.4, 0.5) is 4.39 Å². The SMILES string of the molecule is CC(Oc1ccc(F)cc1Cl)C(=O)N(C)CCCC(=O)O. The molecule has 116 valence electrons. The Morgan fingerprint density at radius 1 is 1.48 bits per heavy atom. The highest BCUT2D eigenvalue weighted by molar-refractivity contribution is 6.32. The van der Waals surface area contributed by atoms with Gasteiger partial charge in [-0.05, 0) is 31.5 Å². The Balaban J connectivity index is 2.55. The smallest absolute Gasteiger partial charge is 0.303 e. The fourth-order valence-electron chi connectivity index (χ4n) is 1.70. The van der Waals surface area contributed by atoms with Gasteiger partial charge in [-0.2, -0.15) is 0 Å². The molecule has 1 rings (SSSR count). The van der Waals surface area contributed by atoms with E-state index in [1.807, 2.05) is 0 Å². The van der Waals surface area contributed by atoms with Crippen LogP contribution >= 0.6 is 11.6 Å². The van der Waals surface area contributed by atoms with Gasteiger partial charge in [-0.1, -0.05) is 11.6 Å². The molecular formula is C14H17ClFNO4. The predicted octanol–water partition coefficient (Wildman–Crippen LogP) is 2.57. The summed E-state index contributed by atoms with van der Waals surface area (Å²) in [5, 5.41) is 8.63. The molecule has 0 saturated carbocycles. The van der Waals surface area contributed by atoms with E-state index in [9.17, 15) is 14.0 Å². The van der Waals surface area contributed by atoms with Crippen molar-refractivity contribution in [2.75, 3.05) is 13.6 Å². The number of carboxylic acids is 1. The van der Waals surface area contributed by atoms with Gasteiger partial charge in [-0.15, -0.1) is 0 Å². The molecule has 0 spiro atoms. The fraction of sp³-hybridized carbons (Fsp3) is 0.429. The number of ether oxygens (including phenoxy) is 1. The highest BCUT2D eigenvalue weighted by atomic mass is 35.5. The number of nitrogens with zero attached hydrogens (tertiary/aromatic N) is 1. The number of hydrogen-bond donors (Lipinski definition) is 1. The summed E-state index contributed by atoms with van der Waals surface area (Å²) in [6.07, 6.45) is -0.444. The van der Waals surface area contributed by atoms with Crippen molar-refractivity contribution in [3.05, 3.63) is 29.0 Å². The summed E-state index contributed by atoms with van der Waals surface area (Å²) in [5.41, 5.74) is 0. The number of carboxylic acid groups (broad SMARTS) is 1. The topological polar surface area (TPSA) is 66.8 Å². The van der Waals surface area contributed by atoms with Crippen molar-refractivity contribution in [3.8, 4) is 5.75 Å². The van der Waals surface area contributed by atoms with Gasteiger partial charge in [0.2, 0.25) is 0 Å². The van der Waals surface area contributed by atoms with Crippen LogP contribution in [0.25, 0.3) is 0 Å². The summed E-state index contributed by atoms with van der Waals surface area (Å²) in [5.74, 6) is -1.48. The highest BCUT2D eigenvalue weighted by Gasteiger charge is 2.20. The molecule has 0 radical (unpaired) electrons. The first kappa shape index (κ1) is 17.2. The molecule has 1 amide bonds. The van der Waals surface area contributed by atoms with E-state index < -0.39 is 17.9 Å². The largest absolute Gasteiger partial charge is 0.481 e. The van der Waals surface area contributed by atoms with E-state index in [4.69, 9.17) is 21.4 Å². The van der Waals surface area contributed by atoms with Crippen molar-refractivity contribution in [3.63, 3.8) is 0 Å². The maximum Gasteiger partial charge on any atom is 0.303 e. The number of amides is 1. The van der Waals surface area contributed by atoms with Gasteiger partial charge in [0.25, 0.3) is 5.91 Å². The minimum absolute atomic E-state index is 0.00333. The minimum Gasteiger partial charge on any atom is -0.481 e. The first-order valence-electron chi connectivity index (χ1n) is 6.39. The van der Waals surface area contributed by atoms with Crippen LogP contribution in [-0.4, -0.2) is 41.6 Å². The molecule has 21 heavy (non-hydrogen) atoms. The standard InChI is InChI=1S/C14H17ClFNO4/c1-9(14(20)17(2)7-3-4-13(18)19)21-12-6-5-10(16)8-11(12)15/h5-6,8-9H,3-4,7H2,1-2H3,(H,18,19). The Morgan fingerprint density at radius 3 is 2.71 bits per heavy atom. The van der Waals surface area contributed by atoms with E-state index in [-0.39, 0.29) is 23.1 Å². The summed E-state index contributed by atoms with van der Waals surface area (Å²) in [6, 6.07) is 3.64. The molecule has 1 aromatic carbocycles. The van der Waals surface area contributed by atoms with E-state index in [1.165, 1.54) is 17.0 Å². The molecule has 5 nitrogen and oxygen atoms in total. The molecule has 0 aliphatic rings. The maximum absolute atomic E-state index is 12.9. The van der Waals surface area contributed by atoms with Crippen molar-refractivity contribution in [1.29, 1.82) is 0 Å². The Kier molecular flexibility index (Phi) is 6.42. The summed E-state index contributed by atoms with van der Waals surface area (Å²) in [7, 11) is 1.57. The predicted molar refractivity (Wildman–Crippen MR) is 76.0 cm³/mol. The molecule has 1 atom stereocenters. The van der Waals surface area contributed by atoms with Crippen LogP contribution in [0.1, 0.15) is 19.8 Å². The lowest BCUT2D eigenvalue weighted by molar-refractivity contribution is -0.139. The Labute approximate surface area is 127 Å². The first-order chi connectivity index (χ1) is 9.81. The van der Waals surface area contributed by atoms with Crippen molar-refractivity contribution in [1.82, 2.24) is 4.90 Å². The van der Waals surface area contributed by atoms with Crippen LogP contribution in [0, 0.1) is 5.82 Å². The normalized spacial score (nSPS) is 11.8. The van der Waals surface area contributed by atoms with Gasteiger partial charge >= 0.3 is 5.97 Å². The first-order valence-corrected chi connectivity index (χ1v) is 6.77. The zero-order valence-corrected chi connectivity index (χ0v) is 12.6. The van der Waals surface area contributed by atoms with Gasteiger partial charge in [0.1, 0.15) is 11.6 Å². The zero-order valence-electron chi connectivity index (χ0n) is 11.8. The third kappa shape index (κ3) is 5.59. The fourth-order valence-corrected chi connectivity index (χ4v) is 1.91. The van der Waals surface area contributed by atoms with Crippen LogP contribution < -0.4 is 4.74 Å². The van der Waals surface area contributed by atoms with Crippen LogP contribution in [0.2, 0.25) is 5.02 Å². The van der Waals surface area contributed by atoms with Gasteiger partial charge in [-0.3, -0.25) is 9.59 Å². The quantitative estimate of drug-likeness (QED) is 0.839. The molecule has 0 heterocycles. The number of benzene rings is 1. The number of aliphatic carboxylic acids is 1. The van der Waals surface area contributed by atoms with Crippen molar-refractivity contribution in [2.24, 2.45) is 0 Å². The van der Waals surface area contributed by atoms with Gasteiger partial charge in [0.05, 0.1) is 5.02 Å². The molecule has 1 unspecified atom stereocenters. The second-order valence-corrected chi connectivity index (χ2v) is 5.00. The minimum atomic E-state index is -0.904. The van der Waals surface area contributed by atoms with Crippen LogP contribution in [-0.2, 0) is 9.59 Å². The molecule has 0 bridgehead atoms. The Bertz CT molecular complexity index is 524. The zero-order chi connectivity index (χ0) is 16.0. The Morgan fingerprint density at radius 2 is 2.14 bits per heavy atom. The van der Waals surface area contributed by atoms with E-state index in [0.29, 0.717) is 13.0 Å². The third-order valence-corrected chi connectivity index (χ3v) is 3.10. The highest BCUT2D eigenvalue weighted by Crippen LogP contribution is 2.26. The lowest BCUT2D eigenvalue weighted by atomic mass is 10.2. The molecule has 7 heteroatoms. The van der Waals surface area contributed by atoms with Crippen molar-refractivity contribution in [2.45, 2.75) is 25.9 Å². The summed E-state index contributed by atoms with van der Waals surface area (Å²) in [6.45, 7) is 1.87. The number of hydrogen-bond acceptors (Lipinski definition) is 3. The van der Waals surface area contributed by atoms with E-state index in [1.54, 1.807) is 14.0 Å². The number of likely N-dealkylation sites (N-methyl/N-ethyl adjacent to an activating group) is 1. The maximum atomic E-state index is 12.9. The average molecular weight is 318 g/mol. The lowest BCUT2D eigenvalue weighted by Crippen LogP contribution is -2.38. The molecule has 1 aromatic rings. The van der Waals surface area contributed by atoms with Gasteiger partial charge < -0.3 is 14.7 Å². The number of carbonyl (C=O) groups excluding carboxylic acids is 1. The van der Waals surface area contributed by atoms with Crippen LogP contribution in [0.15, 0.2) is 18.2 Å². The second kappa shape index (κ2) is 7.83. The monoisotopic (exact) mass is 317 g/mol. The summed E-state index contributed by atoms with van der Waals surface area (Å²) >= 11 is 5.82. The van der Waals surface area contributed by atoms with Crippen molar-refractivity contribution < 1.29 is 23.8 Å². The lowest BCUT2D eigenvalue weighted by Gasteiger charge is -2.22. The summed E-state index contributed by atoms with van der Waals surface area (Å²) in [4.78, 5) is 23.8. The van der Waals surface area contributed by atoms with Gasteiger partial charge in [0.15, 0.2) is 6.10 Å². The second-order valence-electron chi connectivity index (χ2n) is 4.59. The van der Waals surface area contributed by atoms with E-state index in [2.05, 4.69) is 0 Å². The summed E-state index contributed by atoms with van der Waals surface area (Å²) < 4.78 is 18.3. The van der Waals surface area contributed by atoms with Crippen molar-refractivity contribution >= 4 is 23.5 Å². The van der Waals surface area contributed by atoms with Crippen LogP contribution in [0.5, 0.6) is 5.75 Å². The number of carbonyl (C=O) groups is 2. The average Bonchev–Trinajstić information content (AvgIpc) is 2.40. The Hall–Kier alpha value is -1.82. The molecule has 0 aromatic heterocycles. The van der Waals surface area contributed by atoms with Gasteiger partial charge in [-0.25, -0.2) is 4.39 Å². The molecule has 0 fully saturated rings. The molecule has 0 saturated heterocycles. The molecular weight excluding hydrogens is 301 g/mol. The molecule has 1 N–H and O–H groups in total. The van der Waals surface area contributed by atoms with E-state index >= 15 is 0 Å². The van der Waals surface area contributed by atoms with Crippen LogP contribution in [0.3, 0.4) is 0 Å².